The Morgan fingerprint density at radius 2 is 1.85 bits per heavy atom. The summed E-state index contributed by atoms with van der Waals surface area (Å²) >= 11 is 15.1. The van der Waals surface area contributed by atoms with Gasteiger partial charge in [0.2, 0.25) is 0 Å². The molecule has 0 aliphatic heterocycles. The van der Waals surface area contributed by atoms with Crippen LogP contribution in [0.1, 0.15) is 0 Å². The predicted molar refractivity (Wildman–Crippen MR) is 57.3 cm³/mol. The smallest absolute Gasteiger partial charge is 0.160 e. The maximum atomic E-state index is 5.97. The molecule has 13 heavy (non-hydrogen) atoms. The fourth-order valence-corrected chi connectivity index (χ4v) is 1.67. The Balaban J connectivity index is 2.89. The van der Waals surface area contributed by atoms with Gasteiger partial charge in [0.25, 0.3) is 0 Å². The first kappa shape index (κ1) is 9.19. The van der Waals surface area contributed by atoms with Crippen LogP contribution in [0.15, 0.2) is 22.9 Å². The first-order valence-electron chi connectivity index (χ1n) is 3.44. The molecule has 0 N–H and O–H groups in total. The fourth-order valence-electron chi connectivity index (χ4n) is 1.000. The van der Waals surface area contributed by atoms with Crippen LogP contribution < -0.4 is 0 Å². The Bertz CT molecular complexity index is 468. The van der Waals surface area contributed by atoms with Crippen molar-refractivity contribution in [2.45, 2.75) is 0 Å². The van der Waals surface area contributed by atoms with Crippen molar-refractivity contribution in [2.75, 3.05) is 0 Å². The van der Waals surface area contributed by atoms with Gasteiger partial charge in [0, 0.05) is 22.3 Å². The third-order valence-corrected chi connectivity index (χ3v) is 2.80. The van der Waals surface area contributed by atoms with Crippen molar-refractivity contribution in [1.82, 2.24) is 9.97 Å². The van der Waals surface area contributed by atoms with Gasteiger partial charge in [0.05, 0.1) is 10.0 Å². The summed E-state index contributed by atoms with van der Waals surface area (Å²) in [5.74, 6) is 0. The number of halogens is 3. The second-order valence-electron chi connectivity index (χ2n) is 2.44. The summed E-state index contributed by atoms with van der Waals surface area (Å²) < 4.78 is 0.853. The lowest BCUT2D eigenvalue weighted by Gasteiger charge is -2.00. The second-order valence-corrected chi connectivity index (χ2v) is 4.15. The van der Waals surface area contributed by atoms with Crippen LogP contribution >= 0.6 is 39.1 Å². The van der Waals surface area contributed by atoms with Crippen LogP contribution in [0.25, 0.3) is 11.0 Å². The lowest BCUT2D eigenvalue weighted by atomic mass is 10.3. The zero-order valence-electron chi connectivity index (χ0n) is 6.26. The average molecular weight is 278 g/mol. The molecule has 2 heterocycles. The van der Waals surface area contributed by atoms with Crippen LogP contribution in [0.5, 0.6) is 0 Å². The number of fused-ring (bicyclic) bond motifs is 1. The first-order chi connectivity index (χ1) is 6.18. The zero-order valence-corrected chi connectivity index (χ0v) is 9.36. The van der Waals surface area contributed by atoms with Gasteiger partial charge in [0.15, 0.2) is 5.65 Å². The van der Waals surface area contributed by atoms with Gasteiger partial charge < -0.3 is 0 Å². The Morgan fingerprint density at radius 1 is 1.15 bits per heavy atom. The zero-order chi connectivity index (χ0) is 9.42. The highest BCUT2D eigenvalue weighted by Crippen LogP contribution is 2.29. The molecule has 0 fully saturated rings. The van der Waals surface area contributed by atoms with Crippen LogP contribution in [0, 0.1) is 0 Å². The van der Waals surface area contributed by atoms with Gasteiger partial charge in [-0.05, 0) is 22.0 Å². The molecule has 0 aliphatic carbocycles. The molecule has 5 heteroatoms. The number of aromatic nitrogens is 2. The first-order valence-corrected chi connectivity index (χ1v) is 4.98. The van der Waals surface area contributed by atoms with Crippen molar-refractivity contribution in [1.29, 1.82) is 0 Å². The van der Waals surface area contributed by atoms with E-state index in [9.17, 15) is 0 Å². The average Bonchev–Trinajstić information content (AvgIpc) is 2.12. The van der Waals surface area contributed by atoms with Crippen molar-refractivity contribution in [3.63, 3.8) is 0 Å². The largest absolute Gasteiger partial charge is 0.235 e. The molecule has 0 aromatic carbocycles. The molecule has 0 unspecified atom stereocenters. The van der Waals surface area contributed by atoms with Gasteiger partial charge in [-0.3, -0.25) is 0 Å². The molecule has 2 rings (SSSR count). The van der Waals surface area contributed by atoms with Gasteiger partial charge in [-0.1, -0.05) is 23.2 Å². The summed E-state index contributed by atoms with van der Waals surface area (Å²) in [6.07, 6.45) is 3.16. The van der Waals surface area contributed by atoms with Crippen molar-refractivity contribution in [3.05, 3.63) is 33.0 Å². The Kier molecular flexibility index (Phi) is 2.41. The molecule has 0 atom stereocenters. The third-order valence-electron chi connectivity index (χ3n) is 1.58. The molecule has 0 aliphatic rings. The van der Waals surface area contributed by atoms with Crippen LogP contribution in [-0.4, -0.2) is 9.97 Å². The van der Waals surface area contributed by atoms with Gasteiger partial charge in [-0.2, -0.15) is 0 Å². The van der Waals surface area contributed by atoms with E-state index in [1.807, 2.05) is 6.07 Å². The maximum Gasteiger partial charge on any atom is 0.160 e. The molecule has 0 amide bonds. The van der Waals surface area contributed by atoms with Gasteiger partial charge in [-0.25, -0.2) is 9.97 Å². The molecular weight excluding hydrogens is 275 g/mol. The molecule has 2 nitrogen and oxygen atoms in total. The summed E-state index contributed by atoms with van der Waals surface area (Å²) in [6, 6.07) is 1.84. The molecule has 0 radical (unpaired) electrons. The molecule has 0 bridgehead atoms. The molecule has 0 spiro atoms. The Morgan fingerprint density at radius 3 is 2.62 bits per heavy atom. The molecule has 2 aromatic rings. The summed E-state index contributed by atoms with van der Waals surface area (Å²) in [5, 5.41) is 1.68. The number of nitrogens with zero attached hydrogens (tertiary/aromatic N) is 2. The van der Waals surface area contributed by atoms with E-state index < -0.39 is 0 Å². The molecule has 0 saturated carbocycles. The molecule has 2 aromatic heterocycles. The quantitative estimate of drug-likeness (QED) is 0.734. The normalized spacial score (nSPS) is 10.7. The third kappa shape index (κ3) is 1.64. The number of pyridine rings is 2. The summed E-state index contributed by atoms with van der Waals surface area (Å²) in [5.41, 5.74) is 0.595. The maximum absolute atomic E-state index is 5.97. The number of hydrogen-bond donors (Lipinski definition) is 0. The fraction of sp³-hybridized carbons (Fsp3) is 0. The van der Waals surface area contributed by atoms with Gasteiger partial charge in [-0.15, -0.1) is 0 Å². The highest BCUT2D eigenvalue weighted by atomic mass is 79.9. The molecular formula is C8H3BrCl2N2. The van der Waals surface area contributed by atoms with Crippen molar-refractivity contribution in [2.24, 2.45) is 0 Å². The Hall–Kier alpha value is -0.380. The minimum absolute atomic E-state index is 0.439. The van der Waals surface area contributed by atoms with Gasteiger partial charge >= 0.3 is 0 Å². The van der Waals surface area contributed by atoms with E-state index in [1.54, 1.807) is 6.20 Å². The molecule has 0 saturated heterocycles. The van der Waals surface area contributed by atoms with E-state index in [0.29, 0.717) is 15.7 Å². The van der Waals surface area contributed by atoms with E-state index in [-0.39, 0.29) is 0 Å². The predicted octanol–water partition coefficient (Wildman–Crippen LogP) is 3.70. The minimum Gasteiger partial charge on any atom is -0.235 e. The number of hydrogen-bond acceptors (Lipinski definition) is 2. The topological polar surface area (TPSA) is 25.8 Å². The number of rotatable bonds is 0. The van der Waals surface area contributed by atoms with Gasteiger partial charge in [0.1, 0.15) is 0 Å². The van der Waals surface area contributed by atoms with Crippen LogP contribution in [0.3, 0.4) is 0 Å². The highest BCUT2D eigenvalue weighted by molar-refractivity contribution is 9.10. The standard InChI is InChI=1S/C8H3BrCl2N2/c9-4-1-5-7(11)6(10)3-13-8(5)12-2-4/h1-3H. The van der Waals surface area contributed by atoms with Crippen LogP contribution in [0.4, 0.5) is 0 Å². The van der Waals surface area contributed by atoms with Crippen molar-refractivity contribution in [3.8, 4) is 0 Å². The van der Waals surface area contributed by atoms with E-state index in [1.165, 1.54) is 6.20 Å². The van der Waals surface area contributed by atoms with Crippen LogP contribution in [0.2, 0.25) is 10.0 Å². The highest BCUT2D eigenvalue weighted by Gasteiger charge is 2.05. The lowest BCUT2D eigenvalue weighted by molar-refractivity contribution is 1.28. The second kappa shape index (κ2) is 3.40. The monoisotopic (exact) mass is 276 g/mol. The summed E-state index contributed by atoms with van der Waals surface area (Å²) in [4.78, 5) is 8.12. The summed E-state index contributed by atoms with van der Waals surface area (Å²) in [6.45, 7) is 0. The van der Waals surface area contributed by atoms with E-state index in [2.05, 4.69) is 25.9 Å². The van der Waals surface area contributed by atoms with E-state index in [4.69, 9.17) is 23.2 Å². The van der Waals surface area contributed by atoms with Crippen LogP contribution in [-0.2, 0) is 0 Å². The van der Waals surface area contributed by atoms with E-state index in [0.717, 1.165) is 9.86 Å². The SMILES string of the molecule is Clc1cnc2ncc(Br)cc2c1Cl. The minimum atomic E-state index is 0.439. The summed E-state index contributed by atoms with van der Waals surface area (Å²) in [7, 11) is 0. The lowest BCUT2D eigenvalue weighted by Crippen LogP contribution is -1.84. The molecule has 66 valence electrons. The van der Waals surface area contributed by atoms with E-state index >= 15 is 0 Å². The van der Waals surface area contributed by atoms with Crippen molar-refractivity contribution < 1.29 is 0 Å². The Labute approximate surface area is 93.0 Å². The van der Waals surface area contributed by atoms with Crippen molar-refractivity contribution >= 4 is 50.2 Å².